The van der Waals surface area contributed by atoms with Gasteiger partial charge in [-0.15, -0.1) is 0 Å². The molecular weight excluding hydrogens is 331 g/mol. The summed E-state index contributed by atoms with van der Waals surface area (Å²) in [7, 11) is -4.42. The molecule has 0 unspecified atom stereocenters. The molecule has 1 aromatic carbocycles. The SMILES string of the molecule is [2H]C([2H])([2H])OC(=O)c1cc(B2OC(C)(C)C(C)(C)O2)ccc1N1C([2H])([2H])C([2H])([2H])N(C([2H])([2H])[2H])C([2H])([2H])C1([2H])[2H]. The second kappa shape index (κ2) is 6.87. The Kier molecular flexibility index (Phi) is 2.17. The third kappa shape index (κ3) is 3.48. The monoisotopic (exact) mass is 374 g/mol. The summed E-state index contributed by atoms with van der Waals surface area (Å²) < 4.78 is 128. The molecule has 2 aliphatic heterocycles. The lowest BCUT2D eigenvalue weighted by molar-refractivity contribution is 0.00578. The van der Waals surface area contributed by atoms with E-state index in [1.165, 1.54) is 6.07 Å². The Morgan fingerprint density at radius 3 is 2.42 bits per heavy atom. The summed E-state index contributed by atoms with van der Waals surface area (Å²) in [5.74, 6) is -1.60. The van der Waals surface area contributed by atoms with E-state index in [9.17, 15) is 4.79 Å². The van der Waals surface area contributed by atoms with E-state index >= 15 is 0 Å². The predicted octanol–water partition coefficient (Wildman–Crippen LogP) is 1.52. The fourth-order valence-electron chi connectivity index (χ4n) is 2.47. The molecule has 0 atom stereocenters. The van der Waals surface area contributed by atoms with Crippen molar-refractivity contribution >= 4 is 24.2 Å². The highest BCUT2D eigenvalue weighted by molar-refractivity contribution is 6.62. The molecule has 0 bridgehead atoms. The van der Waals surface area contributed by atoms with E-state index in [2.05, 4.69) is 4.74 Å². The van der Waals surface area contributed by atoms with E-state index in [-0.39, 0.29) is 10.4 Å². The highest BCUT2D eigenvalue weighted by atomic mass is 16.7. The van der Waals surface area contributed by atoms with Crippen LogP contribution in [0.3, 0.4) is 0 Å². The van der Waals surface area contributed by atoms with Crippen LogP contribution in [0.4, 0.5) is 5.69 Å². The zero-order chi connectivity index (χ0) is 31.3. The molecule has 0 saturated carbocycles. The second-order valence-electron chi connectivity index (χ2n) is 6.87. The van der Waals surface area contributed by atoms with Crippen LogP contribution in [-0.2, 0) is 14.0 Å². The number of ether oxygens (including phenoxy) is 1. The molecule has 2 aliphatic rings. The van der Waals surface area contributed by atoms with Gasteiger partial charge in [-0.25, -0.2) is 4.79 Å². The Hall–Kier alpha value is -1.57. The van der Waals surface area contributed by atoms with Crippen molar-refractivity contribution in [2.45, 2.75) is 38.9 Å². The summed E-state index contributed by atoms with van der Waals surface area (Å²) in [6.45, 7) is -11.4. The van der Waals surface area contributed by atoms with Crippen LogP contribution in [0.2, 0.25) is 0 Å². The van der Waals surface area contributed by atoms with Crippen LogP contribution in [-0.4, -0.2) is 69.2 Å². The summed E-state index contributed by atoms with van der Waals surface area (Å²) >= 11 is 0. The van der Waals surface area contributed by atoms with E-state index in [0.717, 1.165) is 12.1 Å². The molecule has 0 spiro atoms. The Labute approximate surface area is 176 Å². The second-order valence-corrected chi connectivity index (χ2v) is 6.87. The van der Waals surface area contributed by atoms with Crippen molar-refractivity contribution in [3.05, 3.63) is 23.8 Å². The summed E-state index contributed by atoms with van der Waals surface area (Å²) in [4.78, 5) is 12.5. The highest BCUT2D eigenvalue weighted by Gasteiger charge is 2.51. The summed E-state index contributed by atoms with van der Waals surface area (Å²) in [5, 5.41) is 0. The maximum Gasteiger partial charge on any atom is 0.494 e. The van der Waals surface area contributed by atoms with E-state index in [4.69, 9.17) is 28.5 Å². The number of carbonyl (C=O) groups excluding carboxylic acids is 1. The van der Waals surface area contributed by atoms with E-state index in [0.29, 0.717) is 0 Å². The van der Waals surface area contributed by atoms with Crippen molar-refractivity contribution in [3.8, 4) is 0 Å². The molecule has 7 heteroatoms. The topological polar surface area (TPSA) is 51.2 Å². The van der Waals surface area contributed by atoms with Crippen LogP contribution in [0.5, 0.6) is 0 Å². The molecule has 6 nitrogen and oxygen atoms in total. The standard InChI is InChI=1S/C19H29BN2O4/c1-18(2)19(3,4)26-20(25-18)14-7-8-16(15(13-14)17(23)24-6)22-11-9-21(5)10-12-22/h7-8,13H,9-12H2,1-6H3/i5D3,6D3,9D2,10D2,11D2,12D2. The van der Waals surface area contributed by atoms with Gasteiger partial charge in [0, 0.05) is 35.6 Å². The first kappa shape index (κ1) is 8.21. The number of esters is 1. The number of rotatable bonds is 3. The maximum atomic E-state index is 13.1. The predicted molar refractivity (Wildman–Crippen MR) is 103 cm³/mol. The van der Waals surface area contributed by atoms with Crippen LogP contribution < -0.4 is 10.4 Å². The minimum absolute atomic E-state index is 0.0492. The first-order chi connectivity index (χ1) is 17.5. The van der Waals surface area contributed by atoms with Crippen molar-refractivity contribution in [2.24, 2.45) is 0 Å². The molecule has 2 heterocycles. The van der Waals surface area contributed by atoms with E-state index in [1.807, 2.05) is 0 Å². The lowest BCUT2D eigenvalue weighted by atomic mass is 9.78. The lowest BCUT2D eigenvalue weighted by Gasteiger charge is -2.35. The number of nitrogens with zero attached hydrogens (tertiary/aromatic N) is 2. The van der Waals surface area contributed by atoms with Gasteiger partial charge in [-0.1, -0.05) is 6.07 Å². The van der Waals surface area contributed by atoms with Crippen LogP contribution >= 0.6 is 0 Å². The zero-order valence-corrected chi connectivity index (χ0v) is 14.8. The van der Waals surface area contributed by atoms with Crippen LogP contribution in [0.1, 0.15) is 57.2 Å². The number of hydrogen-bond acceptors (Lipinski definition) is 6. The average molecular weight is 374 g/mol. The Morgan fingerprint density at radius 2 is 1.85 bits per heavy atom. The molecule has 1 aromatic rings. The summed E-state index contributed by atoms with van der Waals surface area (Å²) in [6.07, 6.45) is 0. The number of anilines is 1. The van der Waals surface area contributed by atoms with Gasteiger partial charge in [-0.3, -0.25) is 0 Å². The molecule has 2 saturated heterocycles. The molecule has 142 valence electrons. The van der Waals surface area contributed by atoms with E-state index < -0.39 is 80.4 Å². The number of benzene rings is 1. The lowest BCUT2D eigenvalue weighted by Crippen LogP contribution is -2.45. The Morgan fingerprint density at radius 1 is 1.19 bits per heavy atom. The maximum absolute atomic E-state index is 13.1. The molecule has 0 aliphatic carbocycles. The normalized spacial score (nSPS) is 39.2. The Balaban J connectivity index is 2.30. The van der Waals surface area contributed by atoms with Crippen molar-refractivity contribution < 1.29 is 38.0 Å². The quantitative estimate of drug-likeness (QED) is 0.591. The third-order valence-corrected chi connectivity index (χ3v) is 4.65. The van der Waals surface area contributed by atoms with Crippen molar-refractivity contribution in [1.29, 1.82) is 0 Å². The summed E-state index contributed by atoms with van der Waals surface area (Å²) in [6, 6.07) is 3.14. The molecule has 2 fully saturated rings. The fraction of sp³-hybridized carbons (Fsp3) is 0.632. The molecular formula is C19H29BN2O4. The van der Waals surface area contributed by atoms with Crippen molar-refractivity contribution in [2.75, 3.05) is 44.9 Å². The molecule has 0 amide bonds. The fourth-order valence-corrected chi connectivity index (χ4v) is 2.47. The highest BCUT2D eigenvalue weighted by Crippen LogP contribution is 2.36. The van der Waals surface area contributed by atoms with Gasteiger partial charge in [0.15, 0.2) is 0 Å². The number of methoxy groups -OCH3 is 1. The summed E-state index contributed by atoms with van der Waals surface area (Å²) in [5.41, 5.74) is -3.18. The Bertz CT molecular complexity index is 1140. The van der Waals surface area contributed by atoms with Gasteiger partial charge in [0.25, 0.3) is 0 Å². The number of hydrogen-bond donors (Lipinski definition) is 0. The van der Waals surface area contributed by atoms with Crippen LogP contribution in [0.25, 0.3) is 0 Å². The first-order valence-corrected chi connectivity index (χ1v) is 7.86. The third-order valence-electron chi connectivity index (χ3n) is 4.65. The molecule has 3 rings (SSSR count). The van der Waals surface area contributed by atoms with Gasteiger partial charge in [0.1, 0.15) is 0 Å². The largest absolute Gasteiger partial charge is 0.494 e. The molecule has 0 radical (unpaired) electrons. The first-order valence-electron chi connectivity index (χ1n) is 14.9. The molecule has 26 heavy (non-hydrogen) atoms. The minimum Gasteiger partial charge on any atom is -0.465 e. The van der Waals surface area contributed by atoms with Gasteiger partial charge in [-0.05, 0) is 52.3 Å². The van der Waals surface area contributed by atoms with Gasteiger partial charge in [-0.2, -0.15) is 0 Å². The average Bonchev–Trinajstić information content (AvgIpc) is 2.91. The minimum atomic E-state index is -3.72. The van der Waals surface area contributed by atoms with Gasteiger partial charge < -0.3 is 23.8 Å². The van der Waals surface area contributed by atoms with Gasteiger partial charge >= 0.3 is 13.1 Å². The van der Waals surface area contributed by atoms with Crippen LogP contribution in [0.15, 0.2) is 18.2 Å². The van der Waals surface area contributed by atoms with E-state index in [1.54, 1.807) is 27.7 Å². The molecule has 0 aromatic heterocycles. The van der Waals surface area contributed by atoms with Crippen molar-refractivity contribution in [3.63, 3.8) is 0 Å². The smallest absolute Gasteiger partial charge is 0.465 e. The zero-order valence-electron chi connectivity index (χ0n) is 28.8. The van der Waals surface area contributed by atoms with Gasteiger partial charge in [0.05, 0.1) is 39.1 Å². The van der Waals surface area contributed by atoms with Crippen LogP contribution in [0, 0.1) is 0 Å². The number of piperazine rings is 1. The number of likely N-dealkylation sites (N-methyl/N-ethyl adjacent to an activating group) is 1. The van der Waals surface area contributed by atoms with Crippen molar-refractivity contribution in [1.82, 2.24) is 4.90 Å². The number of carbonyl (C=O) groups is 1. The molecule has 0 N–H and O–H groups in total. The van der Waals surface area contributed by atoms with Gasteiger partial charge in [0.2, 0.25) is 0 Å².